The average Bonchev–Trinajstić information content (AvgIpc) is 3.26. The number of urea groups is 1. The Hall–Kier alpha value is -3.52. The number of nitrogens with one attached hydrogen (secondary N) is 4. The first-order valence-corrected chi connectivity index (χ1v) is 16.6. The number of rotatable bonds is 13. The van der Waals surface area contributed by atoms with Crippen LogP contribution in [0.2, 0.25) is 0 Å². The Kier molecular flexibility index (Phi) is 12.2. The summed E-state index contributed by atoms with van der Waals surface area (Å²) < 4.78 is 5.21. The van der Waals surface area contributed by atoms with Crippen LogP contribution in [-0.2, 0) is 28.7 Å². The quantitative estimate of drug-likeness (QED) is 0.0720. The highest BCUT2D eigenvalue weighted by Gasteiger charge is 2.74. The number of aliphatic hydroxyl groups is 2. The van der Waals surface area contributed by atoms with Crippen LogP contribution in [0.5, 0.6) is 0 Å². The number of allylic oxidation sites excluding steroid dienone is 1. The normalized spacial score (nSPS) is 23.4. The second-order valence-corrected chi connectivity index (χ2v) is 15.0. The SMILES string of the molecule is C=CCCC(NC(=O)[C@@H]1C2C(CN1C(=O)C(NC(=O)NC(C)(C)C)C1CCCCC1)C2(O)O)C(=O)C(=O)NCCC(=O)OC(C)(C)C. The van der Waals surface area contributed by atoms with Gasteiger partial charge in [-0.1, -0.05) is 25.3 Å². The summed E-state index contributed by atoms with van der Waals surface area (Å²) in [6, 6.07) is -4.15. The van der Waals surface area contributed by atoms with Crippen LogP contribution >= 0.6 is 0 Å². The maximum Gasteiger partial charge on any atom is 0.315 e. The Morgan fingerprint density at radius 1 is 1.00 bits per heavy atom. The van der Waals surface area contributed by atoms with Crippen molar-refractivity contribution >= 4 is 35.5 Å². The molecule has 6 N–H and O–H groups in total. The summed E-state index contributed by atoms with van der Waals surface area (Å²) in [7, 11) is 0. The van der Waals surface area contributed by atoms with Crippen molar-refractivity contribution in [2.45, 2.75) is 128 Å². The monoisotopic (exact) mass is 663 g/mol. The van der Waals surface area contributed by atoms with Gasteiger partial charge in [0.25, 0.3) is 5.91 Å². The molecule has 0 aromatic rings. The van der Waals surface area contributed by atoms with Crippen molar-refractivity contribution in [1.82, 2.24) is 26.2 Å². The summed E-state index contributed by atoms with van der Waals surface area (Å²) in [6.45, 7) is 13.9. The largest absolute Gasteiger partial charge is 0.460 e. The van der Waals surface area contributed by atoms with Gasteiger partial charge in [0.1, 0.15) is 17.7 Å². The molecule has 47 heavy (non-hydrogen) atoms. The van der Waals surface area contributed by atoms with Gasteiger partial charge in [-0.25, -0.2) is 4.79 Å². The Morgan fingerprint density at radius 3 is 2.21 bits per heavy atom. The Morgan fingerprint density at radius 2 is 1.64 bits per heavy atom. The number of carbonyl (C=O) groups excluding carboxylic acids is 6. The molecule has 3 rings (SSSR count). The lowest BCUT2D eigenvalue weighted by Crippen LogP contribution is -2.61. The molecule has 3 aliphatic rings. The summed E-state index contributed by atoms with van der Waals surface area (Å²) >= 11 is 0. The zero-order valence-corrected chi connectivity index (χ0v) is 28.5. The van der Waals surface area contributed by atoms with Gasteiger partial charge in [0.05, 0.1) is 18.4 Å². The predicted molar refractivity (Wildman–Crippen MR) is 171 cm³/mol. The number of esters is 1. The maximum absolute atomic E-state index is 14.2. The lowest BCUT2D eigenvalue weighted by atomic mass is 9.83. The Bertz CT molecular complexity index is 1220. The molecule has 0 bridgehead atoms. The number of nitrogens with zero attached hydrogens (tertiary/aromatic N) is 1. The maximum atomic E-state index is 14.2. The van der Waals surface area contributed by atoms with E-state index in [1.807, 2.05) is 20.8 Å². The van der Waals surface area contributed by atoms with Gasteiger partial charge < -0.3 is 41.1 Å². The minimum absolute atomic E-state index is 0.0188. The van der Waals surface area contributed by atoms with Gasteiger partial charge in [0.15, 0.2) is 5.79 Å². The molecule has 14 nitrogen and oxygen atoms in total. The first-order valence-electron chi connectivity index (χ1n) is 16.6. The molecule has 264 valence electrons. The third-order valence-electron chi connectivity index (χ3n) is 8.70. The number of hydrogen-bond donors (Lipinski definition) is 6. The zero-order valence-electron chi connectivity index (χ0n) is 28.5. The smallest absolute Gasteiger partial charge is 0.315 e. The van der Waals surface area contributed by atoms with Crippen LogP contribution in [0, 0.1) is 17.8 Å². The first-order chi connectivity index (χ1) is 21.8. The average molecular weight is 664 g/mol. The van der Waals surface area contributed by atoms with Gasteiger partial charge in [0.2, 0.25) is 17.6 Å². The molecule has 1 saturated heterocycles. The van der Waals surface area contributed by atoms with Crippen molar-refractivity contribution in [3.63, 3.8) is 0 Å². The molecule has 14 heteroatoms. The first kappa shape index (κ1) is 37.9. The van der Waals surface area contributed by atoms with E-state index in [0.717, 1.165) is 19.3 Å². The summed E-state index contributed by atoms with van der Waals surface area (Å²) in [5, 5.41) is 31.7. The molecular weight excluding hydrogens is 610 g/mol. The van der Waals surface area contributed by atoms with Gasteiger partial charge in [-0.15, -0.1) is 6.58 Å². The number of piperidine rings is 1. The van der Waals surface area contributed by atoms with Crippen molar-refractivity contribution in [3.8, 4) is 0 Å². The Labute approximate surface area is 276 Å². The van der Waals surface area contributed by atoms with Gasteiger partial charge in [-0.05, 0) is 73.1 Å². The second-order valence-electron chi connectivity index (χ2n) is 15.0. The van der Waals surface area contributed by atoms with E-state index in [1.165, 1.54) is 11.0 Å². The molecule has 1 aliphatic heterocycles. The number of amides is 5. The van der Waals surface area contributed by atoms with E-state index in [-0.39, 0.29) is 38.3 Å². The Balaban J connectivity index is 1.77. The van der Waals surface area contributed by atoms with Crippen LogP contribution in [-0.4, -0.2) is 98.8 Å². The van der Waals surface area contributed by atoms with Gasteiger partial charge in [0, 0.05) is 24.5 Å². The fourth-order valence-electron chi connectivity index (χ4n) is 6.48. The number of fused-ring (bicyclic) bond motifs is 1. The predicted octanol–water partition coefficient (Wildman–Crippen LogP) is 1.04. The molecule has 2 saturated carbocycles. The minimum Gasteiger partial charge on any atom is -0.460 e. The molecule has 0 aromatic carbocycles. The topological polar surface area (TPSA) is 203 Å². The lowest BCUT2D eigenvalue weighted by Gasteiger charge is -2.37. The van der Waals surface area contributed by atoms with Crippen molar-refractivity contribution in [2.24, 2.45) is 17.8 Å². The van der Waals surface area contributed by atoms with E-state index in [4.69, 9.17) is 4.74 Å². The van der Waals surface area contributed by atoms with E-state index in [2.05, 4.69) is 27.8 Å². The number of hydrogen-bond acceptors (Lipinski definition) is 9. The number of Topliss-reactive ketones (excluding diaryl/α,β-unsaturated/α-hetero) is 1. The number of carbonyl (C=O) groups is 6. The lowest BCUT2D eigenvalue weighted by molar-refractivity contribution is -0.155. The van der Waals surface area contributed by atoms with Gasteiger partial charge >= 0.3 is 12.0 Å². The highest BCUT2D eigenvalue weighted by Crippen LogP contribution is 2.57. The van der Waals surface area contributed by atoms with Crippen LogP contribution in [0.3, 0.4) is 0 Å². The summed E-state index contributed by atoms with van der Waals surface area (Å²) in [5.41, 5.74) is -1.27. The molecule has 0 spiro atoms. The molecular formula is C33H53N5O9. The summed E-state index contributed by atoms with van der Waals surface area (Å²) in [6.07, 6.45) is 5.82. The van der Waals surface area contributed by atoms with Crippen molar-refractivity contribution in [1.29, 1.82) is 0 Å². The fourth-order valence-corrected chi connectivity index (χ4v) is 6.48. The number of ether oxygens (including phenoxy) is 1. The summed E-state index contributed by atoms with van der Waals surface area (Å²) in [5.74, 6) is -8.04. The third kappa shape index (κ3) is 10.2. The van der Waals surface area contributed by atoms with E-state index < -0.39 is 82.4 Å². The van der Waals surface area contributed by atoms with Gasteiger partial charge in [-0.2, -0.15) is 0 Å². The van der Waals surface area contributed by atoms with Crippen molar-refractivity contribution in [2.75, 3.05) is 13.1 Å². The van der Waals surface area contributed by atoms with Gasteiger partial charge in [-0.3, -0.25) is 24.0 Å². The van der Waals surface area contributed by atoms with Crippen molar-refractivity contribution in [3.05, 3.63) is 12.7 Å². The molecule has 3 fully saturated rings. The van der Waals surface area contributed by atoms with Crippen LogP contribution in [0.4, 0.5) is 4.79 Å². The highest BCUT2D eigenvalue weighted by molar-refractivity contribution is 6.38. The van der Waals surface area contributed by atoms with Crippen LogP contribution < -0.4 is 21.3 Å². The number of ketones is 1. The zero-order chi connectivity index (χ0) is 35.3. The molecule has 2 aliphatic carbocycles. The van der Waals surface area contributed by atoms with Crippen molar-refractivity contribution < 1.29 is 43.7 Å². The van der Waals surface area contributed by atoms with Crippen LogP contribution in [0.15, 0.2) is 12.7 Å². The second kappa shape index (κ2) is 15.1. The number of likely N-dealkylation sites (tertiary alicyclic amines) is 1. The van der Waals surface area contributed by atoms with E-state index in [9.17, 15) is 39.0 Å². The fraction of sp³-hybridized carbons (Fsp3) is 0.758. The highest BCUT2D eigenvalue weighted by atomic mass is 16.6. The van der Waals surface area contributed by atoms with E-state index in [0.29, 0.717) is 12.8 Å². The molecule has 0 radical (unpaired) electrons. The van der Waals surface area contributed by atoms with E-state index >= 15 is 0 Å². The molecule has 5 amide bonds. The summed E-state index contributed by atoms with van der Waals surface area (Å²) in [4.78, 5) is 80.1. The minimum atomic E-state index is -2.18. The molecule has 1 heterocycles. The molecule has 0 aromatic heterocycles. The van der Waals surface area contributed by atoms with Crippen LogP contribution in [0.1, 0.15) is 92.9 Å². The standard InChI is InChI=1S/C33H53N5O9/c1-8-9-15-21(26(40)28(42)34-17-16-22(39)47-32(5,6)7)35-27(41)25-23-20(33(23,45)46)18-38(25)29(43)24(19-13-11-10-12-14-19)36-30(44)37-31(2,3)4/h8,19-21,23-25,45-46H,1,9-18H2,2-7H3,(H,34,42)(H,35,41)(H2,36,37,44)/t20?,21?,23?,24?,25-/m0/s1. The third-order valence-corrected chi connectivity index (χ3v) is 8.70. The molecule has 4 unspecified atom stereocenters. The van der Waals surface area contributed by atoms with E-state index in [1.54, 1.807) is 20.8 Å². The van der Waals surface area contributed by atoms with Crippen LogP contribution in [0.25, 0.3) is 0 Å². The molecule has 5 atom stereocenters.